The van der Waals surface area contributed by atoms with Crippen LogP contribution in [0.5, 0.6) is 0 Å². The molecule has 0 atom stereocenters. The predicted octanol–water partition coefficient (Wildman–Crippen LogP) is 1.01. The fourth-order valence-corrected chi connectivity index (χ4v) is 0.915. The second kappa shape index (κ2) is 2.22. The lowest BCUT2D eigenvalue weighted by atomic mass is 10.4. The Morgan fingerprint density at radius 3 is 2.64 bits per heavy atom. The molecule has 0 unspecified atom stereocenters. The van der Waals surface area contributed by atoms with E-state index in [0.29, 0.717) is 11.9 Å². The summed E-state index contributed by atoms with van der Waals surface area (Å²) in [6.45, 7) is 0. The van der Waals surface area contributed by atoms with Crippen LogP contribution in [0.1, 0.15) is 24.6 Å². The third kappa shape index (κ3) is 1.20. The quantitative estimate of drug-likeness (QED) is 0.636. The van der Waals surface area contributed by atoms with E-state index in [1.807, 2.05) is 19.0 Å². The molecule has 1 saturated carbocycles. The summed E-state index contributed by atoms with van der Waals surface area (Å²) in [5.41, 5.74) is 0. The molecule has 0 spiro atoms. The first kappa shape index (κ1) is 6.64. The van der Waals surface area contributed by atoms with Crippen LogP contribution in [0.25, 0.3) is 0 Å². The normalized spacial score (nSPS) is 16.9. The van der Waals surface area contributed by atoms with Crippen molar-refractivity contribution in [3.8, 4) is 0 Å². The summed E-state index contributed by atoms with van der Waals surface area (Å²) in [5, 5.41) is 3.87. The van der Waals surface area contributed by atoms with Crippen molar-refractivity contribution in [1.82, 2.24) is 10.1 Å². The minimum absolute atomic E-state index is 0.576. The van der Waals surface area contributed by atoms with Gasteiger partial charge in [0.1, 0.15) is 0 Å². The molecular weight excluding hydrogens is 142 g/mol. The van der Waals surface area contributed by atoms with E-state index in [0.717, 1.165) is 5.82 Å². The zero-order valence-corrected chi connectivity index (χ0v) is 6.74. The van der Waals surface area contributed by atoms with Crippen LogP contribution in [0.4, 0.5) is 6.01 Å². The van der Waals surface area contributed by atoms with Crippen LogP contribution >= 0.6 is 0 Å². The molecule has 4 heteroatoms. The molecular formula is C7H11N3O. The van der Waals surface area contributed by atoms with Crippen LogP contribution in [0, 0.1) is 0 Å². The van der Waals surface area contributed by atoms with E-state index < -0.39 is 0 Å². The van der Waals surface area contributed by atoms with E-state index in [-0.39, 0.29) is 0 Å². The van der Waals surface area contributed by atoms with E-state index in [1.165, 1.54) is 12.8 Å². The summed E-state index contributed by atoms with van der Waals surface area (Å²) in [7, 11) is 3.79. The maximum Gasteiger partial charge on any atom is 0.323 e. The van der Waals surface area contributed by atoms with Crippen molar-refractivity contribution in [2.24, 2.45) is 0 Å². The first-order valence-corrected chi connectivity index (χ1v) is 3.78. The van der Waals surface area contributed by atoms with Gasteiger partial charge >= 0.3 is 6.01 Å². The average molecular weight is 153 g/mol. The second-order valence-corrected chi connectivity index (χ2v) is 3.10. The van der Waals surface area contributed by atoms with E-state index in [4.69, 9.17) is 4.52 Å². The zero-order chi connectivity index (χ0) is 7.84. The highest BCUT2D eigenvalue weighted by Crippen LogP contribution is 2.38. The standard InChI is InChI=1S/C7H11N3O/c1-10(2)7-8-6(9-11-7)5-3-4-5/h5H,3-4H2,1-2H3. The summed E-state index contributed by atoms with van der Waals surface area (Å²) in [6.07, 6.45) is 2.43. The molecule has 1 aromatic rings. The van der Waals surface area contributed by atoms with E-state index in [9.17, 15) is 0 Å². The number of rotatable bonds is 2. The Labute approximate surface area is 65.2 Å². The summed E-state index contributed by atoms with van der Waals surface area (Å²) < 4.78 is 4.99. The lowest BCUT2D eigenvalue weighted by Gasteiger charge is -2.01. The van der Waals surface area contributed by atoms with Gasteiger partial charge in [-0.15, -0.1) is 0 Å². The smallest absolute Gasteiger partial charge is 0.323 e. The van der Waals surface area contributed by atoms with Crippen LogP contribution in [-0.4, -0.2) is 24.2 Å². The minimum atomic E-state index is 0.576. The largest absolute Gasteiger partial charge is 0.331 e. The highest BCUT2D eigenvalue weighted by atomic mass is 16.5. The van der Waals surface area contributed by atoms with Crippen molar-refractivity contribution in [3.05, 3.63) is 5.82 Å². The molecule has 0 bridgehead atoms. The Hall–Kier alpha value is -1.06. The summed E-state index contributed by atoms with van der Waals surface area (Å²) in [4.78, 5) is 6.04. The van der Waals surface area contributed by atoms with Crippen LogP contribution in [0.2, 0.25) is 0 Å². The van der Waals surface area contributed by atoms with Crippen molar-refractivity contribution in [1.29, 1.82) is 0 Å². The lowest BCUT2D eigenvalue weighted by Crippen LogP contribution is -2.08. The lowest BCUT2D eigenvalue weighted by molar-refractivity contribution is 0.414. The number of hydrogen-bond acceptors (Lipinski definition) is 4. The molecule has 1 aliphatic carbocycles. The number of anilines is 1. The van der Waals surface area contributed by atoms with Crippen LogP contribution in [0.15, 0.2) is 4.52 Å². The van der Waals surface area contributed by atoms with Crippen LogP contribution < -0.4 is 4.90 Å². The van der Waals surface area contributed by atoms with Crippen molar-refractivity contribution in [2.75, 3.05) is 19.0 Å². The third-order valence-corrected chi connectivity index (χ3v) is 1.76. The second-order valence-electron chi connectivity index (χ2n) is 3.10. The first-order valence-electron chi connectivity index (χ1n) is 3.78. The molecule has 0 aliphatic heterocycles. The highest BCUT2D eigenvalue weighted by molar-refractivity contribution is 5.22. The van der Waals surface area contributed by atoms with E-state index in [2.05, 4.69) is 10.1 Å². The molecule has 1 heterocycles. The SMILES string of the molecule is CN(C)c1nc(C2CC2)no1. The van der Waals surface area contributed by atoms with E-state index in [1.54, 1.807) is 0 Å². The molecule has 4 nitrogen and oxygen atoms in total. The molecule has 0 amide bonds. The summed E-state index contributed by atoms with van der Waals surface area (Å²) in [6, 6.07) is 0.604. The van der Waals surface area contributed by atoms with Gasteiger partial charge in [0.25, 0.3) is 0 Å². The summed E-state index contributed by atoms with van der Waals surface area (Å²) >= 11 is 0. The van der Waals surface area contributed by atoms with Gasteiger partial charge in [0, 0.05) is 20.0 Å². The first-order chi connectivity index (χ1) is 5.27. The van der Waals surface area contributed by atoms with E-state index >= 15 is 0 Å². The van der Waals surface area contributed by atoms with Gasteiger partial charge in [0.15, 0.2) is 5.82 Å². The molecule has 1 fully saturated rings. The molecule has 1 aliphatic rings. The molecule has 60 valence electrons. The minimum Gasteiger partial charge on any atom is -0.331 e. The van der Waals surface area contributed by atoms with Gasteiger partial charge in [0.2, 0.25) is 0 Å². The predicted molar refractivity (Wildman–Crippen MR) is 40.6 cm³/mol. The monoisotopic (exact) mass is 153 g/mol. The highest BCUT2D eigenvalue weighted by Gasteiger charge is 2.28. The molecule has 0 saturated heterocycles. The van der Waals surface area contributed by atoms with Crippen molar-refractivity contribution >= 4 is 6.01 Å². The number of hydrogen-bond donors (Lipinski definition) is 0. The molecule has 1 aromatic heterocycles. The molecule has 0 N–H and O–H groups in total. The van der Waals surface area contributed by atoms with Gasteiger partial charge < -0.3 is 9.42 Å². The van der Waals surface area contributed by atoms with Gasteiger partial charge in [-0.2, -0.15) is 4.98 Å². The maximum absolute atomic E-state index is 4.99. The third-order valence-electron chi connectivity index (χ3n) is 1.76. The van der Waals surface area contributed by atoms with Crippen LogP contribution in [-0.2, 0) is 0 Å². The topological polar surface area (TPSA) is 42.2 Å². The number of aromatic nitrogens is 2. The average Bonchev–Trinajstić information content (AvgIpc) is 2.68. The Morgan fingerprint density at radius 2 is 2.18 bits per heavy atom. The zero-order valence-electron chi connectivity index (χ0n) is 6.74. The molecule has 0 radical (unpaired) electrons. The number of nitrogens with zero attached hydrogens (tertiary/aromatic N) is 3. The Bertz CT molecular complexity index is 235. The Morgan fingerprint density at radius 1 is 1.45 bits per heavy atom. The van der Waals surface area contributed by atoms with Gasteiger partial charge in [-0.05, 0) is 12.8 Å². The van der Waals surface area contributed by atoms with Crippen molar-refractivity contribution in [3.63, 3.8) is 0 Å². The van der Waals surface area contributed by atoms with Gasteiger partial charge in [-0.25, -0.2) is 0 Å². The van der Waals surface area contributed by atoms with Crippen molar-refractivity contribution < 1.29 is 4.52 Å². The Balaban J connectivity index is 2.18. The van der Waals surface area contributed by atoms with Gasteiger partial charge in [-0.1, -0.05) is 5.16 Å². The fourth-order valence-electron chi connectivity index (χ4n) is 0.915. The molecule has 11 heavy (non-hydrogen) atoms. The molecule has 2 rings (SSSR count). The fraction of sp³-hybridized carbons (Fsp3) is 0.714. The van der Waals surface area contributed by atoms with Gasteiger partial charge in [-0.3, -0.25) is 0 Å². The van der Waals surface area contributed by atoms with Crippen molar-refractivity contribution in [2.45, 2.75) is 18.8 Å². The van der Waals surface area contributed by atoms with Crippen LogP contribution in [0.3, 0.4) is 0 Å². The Kier molecular flexibility index (Phi) is 1.34. The van der Waals surface area contributed by atoms with Gasteiger partial charge in [0.05, 0.1) is 0 Å². The molecule has 0 aromatic carbocycles. The summed E-state index contributed by atoms with van der Waals surface area (Å²) in [5.74, 6) is 1.45. The maximum atomic E-state index is 4.99.